The zero-order valence-corrected chi connectivity index (χ0v) is 14.8. The fourth-order valence-electron chi connectivity index (χ4n) is 3.64. The van der Waals surface area contributed by atoms with Crippen molar-refractivity contribution in [1.29, 1.82) is 0 Å². The Labute approximate surface area is 148 Å². The van der Waals surface area contributed by atoms with E-state index in [0.29, 0.717) is 0 Å². The highest BCUT2D eigenvalue weighted by Gasteiger charge is 2.26. The smallest absolute Gasteiger partial charge is 0.171 e. The van der Waals surface area contributed by atoms with Gasteiger partial charge in [-0.05, 0) is 38.3 Å². The summed E-state index contributed by atoms with van der Waals surface area (Å²) in [5, 5.41) is 8.73. The highest BCUT2D eigenvalue weighted by molar-refractivity contribution is 5.52. The van der Waals surface area contributed by atoms with Crippen molar-refractivity contribution in [3.63, 3.8) is 0 Å². The van der Waals surface area contributed by atoms with Crippen molar-refractivity contribution in [3.8, 4) is 5.75 Å². The summed E-state index contributed by atoms with van der Waals surface area (Å²) in [6, 6.07) is 4.01. The lowest BCUT2D eigenvalue weighted by molar-refractivity contribution is 0.197. The Kier molecular flexibility index (Phi) is 4.83. The molecule has 2 aromatic heterocycles. The molecular weight excluding hydrogens is 316 g/mol. The SMILES string of the molecule is CCn1ncc(CN2CCC(Oc3cccnc3N3CCCC3)C2)n1. The zero-order chi connectivity index (χ0) is 17.1. The Balaban J connectivity index is 1.36. The number of aryl methyl sites for hydroxylation is 1. The van der Waals surface area contributed by atoms with Gasteiger partial charge in [-0.2, -0.15) is 15.0 Å². The fourth-order valence-corrected chi connectivity index (χ4v) is 3.64. The van der Waals surface area contributed by atoms with Crippen LogP contribution in [0.15, 0.2) is 24.5 Å². The van der Waals surface area contributed by atoms with Crippen molar-refractivity contribution >= 4 is 5.82 Å². The van der Waals surface area contributed by atoms with Crippen LogP contribution in [0.4, 0.5) is 5.82 Å². The van der Waals surface area contributed by atoms with Crippen molar-refractivity contribution in [1.82, 2.24) is 24.9 Å². The summed E-state index contributed by atoms with van der Waals surface area (Å²) in [6.07, 6.45) is 7.46. The Hall–Kier alpha value is -2.15. The zero-order valence-electron chi connectivity index (χ0n) is 14.8. The minimum Gasteiger partial charge on any atom is -0.485 e. The molecule has 7 nitrogen and oxygen atoms in total. The Bertz CT molecular complexity index is 696. The molecule has 4 heterocycles. The van der Waals surface area contributed by atoms with Crippen LogP contribution in [0.3, 0.4) is 0 Å². The third-order valence-corrected chi connectivity index (χ3v) is 4.93. The number of nitrogens with zero attached hydrogens (tertiary/aromatic N) is 6. The summed E-state index contributed by atoms with van der Waals surface area (Å²) in [7, 11) is 0. The van der Waals surface area contributed by atoms with Gasteiger partial charge < -0.3 is 9.64 Å². The number of hydrogen-bond donors (Lipinski definition) is 0. The van der Waals surface area contributed by atoms with Gasteiger partial charge in [-0.3, -0.25) is 4.90 Å². The van der Waals surface area contributed by atoms with Gasteiger partial charge in [0.2, 0.25) is 0 Å². The van der Waals surface area contributed by atoms with E-state index in [0.717, 1.165) is 63.0 Å². The number of aromatic nitrogens is 4. The Morgan fingerprint density at radius 3 is 2.92 bits per heavy atom. The molecule has 25 heavy (non-hydrogen) atoms. The second-order valence-corrected chi connectivity index (χ2v) is 6.81. The molecule has 0 aromatic carbocycles. The van der Waals surface area contributed by atoms with E-state index < -0.39 is 0 Å². The van der Waals surface area contributed by atoms with E-state index in [2.05, 4.69) is 38.0 Å². The molecule has 0 saturated carbocycles. The lowest BCUT2D eigenvalue weighted by atomic mass is 10.3. The average molecular weight is 342 g/mol. The summed E-state index contributed by atoms with van der Waals surface area (Å²) in [5.41, 5.74) is 1.03. The van der Waals surface area contributed by atoms with E-state index in [9.17, 15) is 0 Å². The fraction of sp³-hybridized carbons (Fsp3) is 0.611. The summed E-state index contributed by atoms with van der Waals surface area (Å²) in [5.74, 6) is 1.93. The van der Waals surface area contributed by atoms with E-state index in [-0.39, 0.29) is 6.10 Å². The Morgan fingerprint density at radius 1 is 1.24 bits per heavy atom. The first kappa shape index (κ1) is 16.3. The van der Waals surface area contributed by atoms with Crippen LogP contribution in [-0.4, -0.2) is 57.2 Å². The molecule has 4 rings (SSSR count). The summed E-state index contributed by atoms with van der Waals surface area (Å²) >= 11 is 0. The van der Waals surface area contributed by atoms with Gasteiger partial charge in [0, 0.05) is 38.9 Å². The summed E-state index contributed by atoms with van der Waals surface area (Å²) < 4.78 is 6.33. The first-order chi connectivity index (χ1) is 12.3. The molecule has 0 N–H and O–H groups in total. The summed E-state index contributed by atoms with van der Waals surface area (Å²) in [4.78, 5) is 11.0. The van der Waals surface area contributed by atoms with Crippen LogP contribution in [0, 0.1) is 0 Å². The number of hydrogen-bond acceptors (Lipinski definition) is 6. The van der Waals surface area contributed by atoms with Gasteiger partial charge in [0.05, 0.1) is 18.4 Å². The molecule has 7 heteroatoms. The van der Waals surface area contributed by atoms with E-state index in [1.54, 1.807) is 4.80 Å². The van der Waals surface area contributed by atoms with Gasteiger partial charge in [-0.25, -0.2) is 4.98 Å². The molecule has 2 saturated heterocycles. The summed E-state index contributed by atoms with van der Waals surface area (Å²) in [6.45, 7) is 7.82. The first-order valence-electron chi connectivity index (χ1n) is 9.30. The minimum atomic E-state index is 0.215. The predicted octanol–water partition coefficient (Wildman–Crippen LogP) is 1.95. The predicted molar refractivity (Wildman–Crippen MR) is 95.7 cm³/mol. The topological polar surface area (TPSA) is 59.3 Å². The number of likely N-dealkylation sites (tertiary alicyclic amines) is 1. The monoisotopic (exact) mass is 342 g/mol. The van der Waals surface area contributed by atoms with E-state index >= 15 is 0 Å². The second-order valence-electron chi connectivity index (χ2n) is 6.81. The van der Waals surface area contributed by atoms with Gasteiger partial charge in [0.25, 0.3) is 0 Å². The van der Waals surface area contributed by atoms with Crippen molar-refractivity contribution < 1.29 is 4.74 Å². The van der Waals surface area contributed by atoms with Crippen molar-refractivity contribution in [2.45, 2.75) is 45.4 Å². The van der Waals surface area contributed by atoms with Crippen molar-refractivity contribution in [2.75, 3.05) is 31.1 Å². The van der Waals surface area contributed by atoms with Crippen LogP contribution in [0.25, 0.3) is 0 Å². The molecule has 0 amide bonds. The van der Waals surface area contributed by atoms with Crippen LogP contribution in [0.2, 0.25) is 0 Å². The standard InChI is InChI=1S/C18H26N6O/c1-2-24-20-12-15(21-24)13-22-11-7-16(14-22)25-17-6-5-8-19-18(17)23-9-3-4-10-23/h5-6,8,12,16H,2-4,7,9-11,13-14H2,1H3. The number of rotatable bonds is 6. The first-order valence-corrected chi connectivity index (χ1v) is 9.30. The Morgan fingerprint density at radius 2 is 2.12 bits per heavy atom. The van der Waals surface area contributed by atoms with E-state index in [1.807, 2.05) is 18.5 Å². The molecule has 0 bridgehead atoms. The van der Waals surface area contributed by atoms with Crippen molar-refractivity contribution in [3.05, 3.63) is 30.2 Å². The van der Waals surface area contributed by atoms with E-state index in [4.69, 9.17) is 4.74 Å². The van der Waals surface area contributed by atoms with E-state index in [1.165, 1.54) is 12.8 Å². The number of ether oxygens (including phenoxy) is 1. The third-order valence-electron chi connectivity index (χ3n) is 4.93. The van der Waals surface area contributed by atoms with Crippen LogP contribution < -0.4 is 9.64 Å². The highest BCUT2D eigenvalue weighted by atomic mass is 16.5. The van der Waals surface area contributed by atoms with Gasteiger partial charge >= 0.3 is 0 Å². The quantitative estimate of drug-likeness (QED) is 0.800. The van der Waals surface area contributed by atoms with Crippen LogP contribution >= 0.6 is 0 Å². The lowest BCUT2D eigenvalue weighted by Crippen LogP contribution is -2.26. The van der Waals surface area contributed by atoms with Gasteiger partial charge in [-0.1, -0.05) is 0 Å². The normalized spacial score (nSPS) is 21.2. The maximum atomic E-state index is 6.33. The molecular formula is C18H26N6O. The van der Waals surface area contributed by atoms with Gasteiger partial charge in [0.15, 0.2) is 11.6 Å². The molecule has 2 aliphatic rings. The average Bonchev–Trinajstić information content (AvgIpc) is 3.38. The van der Waals surface area contributed by atoms with Gasteiger partial charge in [0.1, 0.15) is 6.10 Å². The maximum absolute atomic E-state index is 6.33. The van der Waals surface area contributed by atoms with Crippen molar-refractivity contribution in [2.24, 2.45) is 0 Å². The molecule has 1 unspecified atom stereocenters. The lowest BCUT2D eigenvalue weighted by Gasteiger charge is -2.22. The molecule has 2 aliphatic heterocycles. The molecule has 0 aliphatic carbocycles. The molecule has 1 atom stereocenters. The molecule has 134 valence electrons. The maximum Gasteiger partial charge on any atom is 0.171 e. The highest BCUT2D eigenvalue weighted by Crippen LogP contribution is 2.30. The van der Waals surface area contributed by atoms with Gasteiger partial charge in [-0.15, -0.1) is 0 Å². The molecule has 0 radical (unpaired) electrons. The third kappa shape index (κ3) is 3.76. The number of anilines is 1. The minimum absolute atomic E-state index is 0.215. The van der Waals surface area contributed by atoms with Crippen LogP contribution in [0.5, 0.6) is 5.75 Å². The number of pyridine rings is 1. The second kappa shape index (κ2) is 7.39. The van der Waals surface area contributed by atoms with Crippen LogP contribution in [0.1, 0.15) is 31.9 Å². The molecule has 2 aromatic rings. The molecule has 0 spiro atoms. The largest absolute Gasteiger partial charge is 0.485 e. The van der Waals surface area contributed by atoms with Crippen LogP contribution in [-0.2, 0) is 13.1 Å². The molecule has 2 fully saturated rings.